The molecule has 21 heavy (non-hydrogen) atoms. The van der Waals surface area contributed by atoms with E-state index in [-0.39, 0.29) is 25.4 Å². The molecule has 4 nitrogen and oxygen atoms in total. The van der Waals surface area contributed by atoms with E-state index < -0.39 is 11.8 Å². The van der Waals surface area contributed by atoms with Crippen molar-refractivity contribution in [3.63, 3.8) is 0 Å². The second kappa shape index (κ2) is 9.91. The Bertz CT molecular complexity index is 459. The van der Waals surface area contributed by atoms with Crippen LogP contribution in [-0.2, 0) is 25.7 Å². The highest BCUT2D eigenvalue weighted by Crippen LogP contribution is 2.09. The minimum atomic E-state index is -0.445. The largest absolute Gasteiger partial charge is 0.466 e. The SMILES string of the molecule is CCCCOC(=O)CCCC(=O)OCc1ccccc1F. The molecule has 0 aliphatic carbocycles. The number of hydrogen-bond donors (Lipinski definition) is 0. The quantitative estimate of drug-likeness (QED) is 0.518. The van der Waals surface area contributed by atoms with Crippen molar-refractivity contribution in [1.29, 1.82) is 0 Å². The van der Waals surface area contributed by atoms with E-state index in [9.17, 15) is 14.0 Å². The zero-order valence-corrected chi connectivity index (χ0v) is 12.3. The molecule has 0 spiro atoms. The van der Waals surface area contributed by atoms with Crippen molar-refractivity contribution in [3.05, 3.63) is 35.6 Å². The summed E-state index contributed by atoms with van der Waals surface area (Å²) in [7, 11) is 0. The molecule has 5 heteroatoms. The van der Waals surface area contributed by atoms with Crippen LogP contribution >= 0.6 is 0 Å². The van der Waals surface area contributed by atoms with Gasteiger partial charge >= 0.3 is 11.9 Å². The van der Waals surface area contributed by atoms with Gasteiger partial charge in [-0.05, 0) is 18.9 Å². The number of rotatable bonds is 9. The second-order valence-electron chi connectivity index (χ2n) is 4.68. The molecule has 0 unspecified atom stereocenters. The summed E-state index contributed by atoms with van der Waals surface area (Å²) in [6.45, 7) is 2.35. The van der Waals surface area contributed by atoms with Crippen LogP contribution in [0.3, 0.4) is 0 Å². The first-order valence-corrected chi connectivity index (χ1v) is 7.18. The molecule has 1 aromatic carbocycles. The van der Waals surface area contributed by atoms with E-state index in [1.165, 1.54) is 6.07 Å². The lowest BCUT2D eigenvalue weighted by atomic mass is 10.2. The van der Waals surface area contributed by atoms with E-state index in [0.29, 0.717) is 18.6 Å². The Labute approximate surface area is 124 Å². The molecule has 1 aromatic rings. The predicted molar refractivity (Wildman–Crippen MR) is 75.9 cm³/mol. The molecule has 0 radical (unpaired) electrons. The van der Waals surface area contributed by atoms with Gasteiger partial charge in [0.25, 0.3) is 0 Å². The Kier molecular flexibility index (Phi) is 8.09. The summed E-state index contributed by atoms with van der Waals surface area (Å²) < 4.78 is 23.2. The van der Waals surface area contributed by atoms with Crippen molar-refractivity contribution in [2.75, 3.05) is 6.61 Å². The van der Waals surface area contributed by atoms with Crippen molar-refractivity contribution in [2.45, 2.75) is 45.6 Å². The molecule has 0 aliphatic rings. The average molecular weight is 296 g/mol. The van der Waals surface area contributed by atoms with E-state index >= 15 is 0 Å². The minimum absolute atomic E-state index is 0.0908. The number of carbonyl (C=O) groups is 2. The Morgan fingerprint density at radius 1 is 1.05 bits per heavy atom. The van der Waals surface area contributed by atoms with Crippen molar-refractivity contribution in [2.24, 2.45) is 0 Å². The lowest BCUT2D eigenvalue weighted by Gasteiger charge is -2.06. The molecule has 0 saturated carbocycles. The fraction of sp³-hybridized carbons (Fsp3) is 0.500. The fourth-order valence-electron chi connectivity index (χ4n) is 1.63. The van der Waals surface area contributed by atoms with E-state index in [1.807, 2.05) is 6.92 Å². The predicted octanol–water partition coefficient (Wildman–Crippen LogP) is 3.38. The van der Waals surface area contributed by atoms with Crippen molar-refractivity contribution >= 4 is 11.9 Å². The molecule has 0 bridgehead atoms. The molecule has 0 amide bonds. The van der Waals surface area contributed by atoms with Gasteiger partial charge in [-0.25, -0.2) is 4.39 Å². The van der Waals surface area contributed by atoms with E-state index in [2.05, 4.69) is 0 Å². The van der Waals surface area contributed by atoms with E-state index in [4.69, 9.17) is 9.47 Å². The third-order valence-electron chi connectivity index (χ3n) is 2.87. The Morgan fingerprint density at radius 2 is 1.71 bits per heavy atom. The lowest BCUT2D eigenvalue weighted by molar-refractivity contribution is -0.146. The van der Waals surface area contributed by atoms with Crippen LogP contribution in [0.4, 0.5) is 4.39 Å². The molecule has 0 atom stereocenters. The van der Waals surface area contributed by atoms with Crippen LogP contribution in [0, 0.1) is 5.82 Å². The fourth-order valence-corrected chi connectivity index (χ4v) is 1.63. The number of hydrogen-bond acceptors (Lipinski definition) is 4. The molecular weight excluding hydrogens is 275 g/mol. The summed E-state index contributed by atoms with van der Waals surface area (Å²) >= 11 is 0. The van der Waals surface area contributed by atoms with E-state index in [1.54, 1.807) is 18.2 Å². The van der Waals surface area contributed by atoms with Crippen LogP contribution in [0.25, 0.3) is 0 Å². The molecular formula is C16H21FO4. The maximum Gasteiger partial charge on any atom is 0.306 e. The first-order valence-electron chi connectivity index (χ1n) is 7.18. The van der Waals surface area contributed by atoms with Gasteiger partial charge in [-0.3, -0.25) is 9.59 Å². The lowest BCUT2D eigenvalue weighted by Crippen LogP contribution is -2.09. The molecule has 0 fully saturated rings. The second-order valence-corrected chi connectivity index (χ2v) is 4.68. The molecule has 0 N–H and O–H groups in total. The number of esters is 2. The maximum atomic E-state index is 13.3. The van der Waals surface area contributed by atoms with Gasteiger partial charge in [0.1, 0.15) is 12.4 Å². The van der Waals surface area contributed by atoms with Gasteiger partial charge in [0.2, 0.25) is 0 Å². The summed E-state index contributed by atoms with van der Waals surface area (Å²) in [5.41, 5.74) is 0.338. The monoisotopic (exact) mass is 296 g/mol. The van der Waals surface area contributed by atoms with Crippen LogP contribution in [0.2, 0.25) is 0 Å². The molecule has 1 rings (SSSR count). The van der Waals surface area contributed by atoms with Gasteiger partial charge in [-0.2, -0.15) is 0 Å². The van der Waals surface area contributed by atoms with Gasteiger partial charge < -0.3 is 9.47 Å². The van der Waals surface area contributed by atoms with Crippen LogP contribution in [0.5, 0.6) is 0 Å². The van der Waals surface area contributed by atoms with Gasteiger partial charge in [-0.15, -0.1) is 0 Å². The smallest absolute Gasteiger partial charge is 0.306 e. The van der Waals surface area contributed by atoms with Gasteiger partial charge in [-0.1, -0.05) is 31.5 Å². The standard InChI is InChI=1S/C16H21FO4/c1-2-3-11-20-15(18)9-6-10-16(19)21-12-13-7-4-5-8-14(13)17/h4-5,7-8H,2-3,6,9-12H2,1H3. The third kappa shape index (κ3) is 7.44. The first kappa shape index (κ1) is 17.1. The van der Waals surface area contributed by atoms with Crippen LogP contribution in [0.15, 0.2) is 24.3 Å². The number of halogens is 1. The average Bonchev–Trinajstić information content (AvgIpc) is 2.47. The molecule has 0 aliphatic heterocycles. The van der Waals surface area contributed by atoms with Crippen molar-refractivity contribution < 1.29 is 23.5 Å². The topological polar surface area (TPSA) is 52.6 Å². The summed E-state index contributed by atoms with van der Waals surface area (Å²) in [5.74, 6) is -1.14. The summed E-state index contributed by atoms with van der Waals surface area (Å²) in [6, 6.07) is 6.13. The highest BCUT2D eigenvalue weighted by molar-refractivity contribution is 5.72. The molecule has 0 aromatic heterocycles. The summed E-state index contributed by atoms with van der Waals surface area (Å²) in [4.78, 5) is 22.8. The summed E-state index contributed by atoms with van der Waals surface area (Å²) in [6.07, 6.45) is 2.50. The Balaban J connectivity index is 2.14. The number of unbranched alkanes of at least 4 members (excludes halogenated alkanes) is 1. The number of ether oxygens (including phenoxy) is 2. The zero-order chi connectivity index (χ0) is 15.5. The zero-order valence-electron chi connectivity index (χ0n) is 12.3. The summed E-state index contributed by atoms with van der Waals surface area (Å²) in [5, 5.41) is 0. The van der Waals surface area contributed by atoms with Crippen molar-refractivity contribution in [3.8, 4) is 0 Å². The number of carbonyl (C=O) groups excluding carboxylic acids is 2. The van der Waals surface area contributed by atoms with Gasteiger partial charge in [0.05, 0.1) is 6.61 Å². The molecule has 0 heterocycles. The number of benzene rings is 1. The Morgan fingerprint density at radius 3 is 2.38 bits per heavy atom. The van der Waals surface area contributed by atoms with Gasteiger partial charge in [0.15, 0.2) is 0 Å². The van der Waals surface area contributed by atoms with E-state index in [0.717, 1.165) is 12.8 Å². The highest BCUT2D eigenvalue weighted by Gasteiger charge is 2.08. The molecule has 0 saturated heterocycles. The van der Waals surface area contributed by atoms with Crippen LogP contribution < -0.4 is 0 Å². The third-order valence-corrected chi connectivity index (χ3v) is 2.87. The highest BCUT2D eigenvalue weighted by atomic mass is 19.1. The normalized spacial score (nSPS) is 10.2. The van der Waals surface area contributed by atoms with Gasteiger partial charge in [0, 0.05) is 18.4 Å². The minimum Gasteiger partial charge on any atom is -0.466 e. The van der Waals surface area contributed by atoms with Crippen LogP contribution in [0.1, 0.15) is 44.6 Å². The Hall–Kier alpha value is -1.91. The van der Waals surface area contributed by atoms with Crippen molar-refractivity contribution in [1.82, 2.24) is 0 Å². The first-order chi connectivity index (χ1) is 10.1. The maximum absolute atomic E-state index is 13.3. The van der Waals surface area contributed by atoms with Crippen LogP contribution in [-0.4, -0.2) is 18.5 Å². The molecule has 116 valence electrons.